The van der Waals surface area contributed by atoms with Crippen LogP contribution in [-0.4, -0.2) is 16.1 Å². The van der Waals surface area contributed by atoms with Crippen LogP contribution in [0.4, 0.5) is 0 Å². The number of pyridine rings is 1. The molecule has 1 aromatic carbocycles. The van der Waals surface area contributed by atoms with Crippen LogP contribution in [0.25, 0.3) is 22.4 Å². The molecule has 100 valence electrons. The van der Waals surface area contributed by atoms with E-state index in [0.717, 1.165) is 0 Å². The van der Waals surface area contributed by atoms with E-state index >= 15 is 0 Å². The van der Waals surface area contributed by atoms with Crippen molar-refractivity contribution in [2.75, 3.05) is 0 Å². The van der Waals surface area contributed by atoms with Gasteiger partial charge in [-0.2, -0.15) is 0 Å². The lowest BCUT2D eigenvalue weighted by atomic mass is 10.0. The van der Waals surface area contributed by atoms with Crippen LogP contribution in [0, 0.1) is 6.92 Å². The van der Waals surface area contributed by atoms with Crippen molar-refractivity contribution in [1.82, 2.24) is 4.98 Å². The molecule has 0 aliphatic heterocycles. The van der Waals surface area contributed by atoms with E-state index in [4.69, 9.17) is 16.0 Å². The highest BCUT2D eigenvalue weighted by Gasteiger charge is 2.19. The van der Waals surface area contributed by atoms with Gasteiger partial charge in [0.2, 0.25) is 0 Å². The van der Waals surface area contributed by atoms with Gasteiger partial charge in [-0.15, -0.1) is 0 Å². The highest BCUT2D eigenvalue weighted by atomic mass is 35.5. The van der Waals surface area contributed by atoms with Crippen molar-refractivity contribution in [2.45, 2.75) is 6.92 Å². The predicted molar refractivity (Wildman–Crippen MR) is 76.2 cm³/mol. The highest BCUT2D eigenvalue weighted by Crippen LogP contribution is 2.31. The summed E-state index contributed by atoms with van der Waals surface area (Å²) in [5.41, 5.74) is 1.86. The Morgan fingerprint density at radius 1 is 1.35 bits per heavy atom. The van der Waals surface area contributed by atoms with Gasteiger partial charge in [0, 0.05) is 10.4 Å². The summed E-state index contributed by atoms with van der Waals surface area (Å²) in [5.74, 6) is -0.466. The summed E-state index contributed by atoms with van der Waals surface area (Å²) >= 11 is 5.95. The molecule has 0 fully saturated rings. The summed E-state index contributed by atoms with van der Waals surface area (Å²) in [6.45, 7) is 1.72. The fraction of sp³-hybridized carbons (Fsp3) is 0.0667. The number of halogens is 1. The fourth-order valence-electron chi connectivity index (χ4n) is 2.26. The molecular weight excluding hydrogens is 278 g/mol. The van der Waals surface area contributed by atoms with Gasteiger partial charge in [0.1, 0.15) is 5.69 Å². The Kier molecular flexibility index (Phi) is 2.95. The molecule has 1 N–H and O–H groups in total. The first-order valence-corrected chi connectivity index (χ1v) is 6.33. The molecule has 0 aliphatic rings. The van der Waals surface area contributed by atoms with Crippen LogP contribution in [-0.2, 0) is 0 Å². The molecule has 3 aromatic rings. The minimum atomic E-state index is -1.01. The molecule has 2 aromatic heterocycles. The topological polar surface area (TPSA) is 63.3 Å². The molecule has 0 aliphatic carbocycles. The Morgan fingerprint density at radius 2 is 2.15 bits per heavy atom. The van der Waals surface area contributed by atoms with Crippen molar-refractivity contribution in [3.63, 3.8) is 0 Å². The summed E-state index contributed by atoms with van der Waals surface area (Å²) < 4.78 is 5.33. The zero-order valence-electron chi connectivity index (χ0n) is 10.6. The summed E-state index contributed by atoms with van der Waals surface area (Å²) in [4.78, 5) is 16.1. The lowest BCUT2D eigenvalue weighted by molar-refractivity contribution is 0.0698. The van der Waals surface area contributed by atoms with E-state index in [1.807, 2.05) is 0 Å². The number of rotatable bonds is 2. The molecule has 3 rings (SSSR count). The maximum Gasteiger partial charge on any atom is 0.336 e. The molecule has 20 heavy (non-hydrogen) atoms. The van der Waals surface area contributed by atoms with E-state index in [0.29, 0.717) is 32.9 Å². The molecule has 0 saturated heterocycles. The van der Waals surface area contributed by atoms with Gasteiger partial charge < -0.3 is 9.52 Å². The SMILES string of the molecule is Cc1c(-c2ccco2)nc2ccc(Cl)cc2c1C(=O)O. The average Bonchev–Trinajstić information content (AvgIpc) is 2.91. The summed E-state index contributed by atoms with van der Waals surface area (Å²) in [6, 6.07) is 8.50. The number of hydrogen-bond acceptors (Lipinski definition) is 3. The quantitative estimate of drug-likeness (QED) is 0.769. The summed E-state index contributed by atoms with van der Waals surface area (Å²) in [7, 11) is 0. The average molecular weight is 288 g/mol. The number of aromatic nitrogens is 1. The lowest BCUT2D eigenvalue weighted by Crippen LogP contribution is -2.04. The van der Waals surface area contributed by atoms with Gasteiger partial charge in [-0.1, -0.05) is 11.6 Å². The van der Waals surface area contributed by atoms with E-state index in [9.17, 15) is 9.90 Å². The standard InChI is InChI=1S/C15H10ClNO3/c1-8-13(15(18)19)10-7-9(16)4-5-11(10)17-14(8)12-3-2-6-20-12/h2-7H,1H3,(H,18,19). The highest BCUT2D eigenvalue weighted by molar-refractivity contribution is 6.31. The van der Waals surface area contributed by atoms with Crippen molar-refractivity contribution in [3.8, 4) is 11.5 Å². The minimum absolute atomic E-state index is 0.198. The first-order chi connectivity index (χ1) is 9.58. The van der Waals surface area contributed by atoms with E-state index in [1.54, 1.807) is 37.3 Å². The van der Waals surface area contributed by atoms with E-state index < -0.39 is 5.97 Å². The first-order valence-electron chi connectivity index (χ1n) is 5.95. The molecule has 0 bridgehead atoms. The van der Waals surface area contributed by atoms with Gasteiger partial charge in [-0.05, 0) is 42.8 Å². The van der Waals surface area contributed by atoms with Crippen molar-refractivity contribution in [3.05, 3.63) is 52.7 Å². The number of hydrogen-bond donors (Lipinski definition) is 1. The van der Waals surface area contributed by atoms with Gasteiger partial charge in [0.25, 0.3) is 0 Å². The largest absolute Gasteiger partial charge is 0.478 e. The third kappa shape index (κ3) is 1.94. The molecule has 5 heteroatoms. The Balaban J connectivity index is 2.43. The van der Waals surface area contributed by atoms with Gasteiger partial charge in [-0.25, -0.2) is 9.78 Å². The summed E-state index contributed by atoms with van der Waals surface area (Å²) in [6.07, 6.45) is 1.53. The third-order valence-electron chi connectivity index (χ3n) is 3.16. The zero-order chi connectivity index (χ0) is 14.3. The smallest absolute Gasteiger partial charge is 0.336 e. The third-order valence-corrected chi connectivity index (χ3v) is 3.39. The maximum absolute atomic E-state index is 11.6. The molecule has 4 nitrogen and oxygen atoms in total. The monoisotopic (exact) mass is 287 g/mol. The predicted octanol–water partition coefficient (Wildman–Crippen LogP) is 4.15. The molecule has 0 saturated carbocycles. The second-order valence-electron chi connectivity index (χ2n) is 4.40. The van der Waals surface area contributed by atoms with E-state index in [2.05, 4.69) is 4.98 Å². The normalized spacial score (nSPS) is 10.9. The van der Waals surface area contributed by atoms with Crippen LogP contribution in [0.1, 0.15) is 15.9 Å². The van der Waals surface area contributed by atoms with Gasteiger partial charge in [0.05, 0.1) is 17.3 Å². The Bertz CT molecular complexity index is 810. The maximum atomic E-state index is 11.6. The molecule has 0 radical (unpaired) electrons. The molecular formula is C15H10ClNO3. The van der Waals surface area contributed by atoms with E-state index in [-0.39, 0.29) is 5.56 Å². The number of furan rings is 1. The molecule has 0 spiro atoms. The number of fused-ring (bicyclic) bond motifs is 1. The van der Waals surface area contributed by atoms with Crippen LogP contribution in [0.2, 0.25) is 5.02 Å². The van der Waals surface area contributed by atoms with Crippen LogP contribution in [0.5, 0.6) is 0 Å². The van der Waals surface area contributed by atoms with Crippen molar-refractivity contribution < 1.29 is 14.3 Å². The number of benzene rings is 1. The van der Waals surface area contributed by atoms with Crippen LogP contribution in [0.3, 0.4) is 0 Å². The molecule has 0 atom stereocenters. The van der Waals surface area contributed by atoms with Crippen molar-refractivity contribution >= 4 is 28.5 Å². The number of carboxylic acids is 1. The Labute approximate surface area is 119 Å². The van der Waals surface area contributed by atoms with Crippen LogP contribution < -0.4 is 0 Å². The molecule has 2 heterocycles. The number of carboxylic acid groups (broad SMARTS) is 1. The summed E-state index contributed by atoms with van der Waals surface area (Å²) in [5, 5.41) is 10.5. The number of carbonyl (C=O) groups is 1. The van der Waals surface area contributed by atoms with Gasteiger partial charge in [-0.3, -0.25) is 0 Å². The second kappa shape index (κ2) is 4.65. The lowest BCUT2D eigenvalue weighted by Gasteiger charge is -2.10. The van der Waals surface area contributed by atoms with Crippen molar-refractivity contribution in [2.24, 2.45) is 0 Å². The van der Waals surface area contributed by atoms with Gasteiger partial charge >= 0.3 is 5.97 Å². The molecule has 0 amide bonds. The van der Waals surface area contributed by atoms with Crippen LogP contribution >= 0.6 is 11.6 Å². The second-order valence-corrected chi connectivity index (χ2v) is 4.84. The number of nitrogens with zero attached hydrogens (tertiary/aromatic N) is 1. The van der Waals surface area contributed by atoms with E-state index in [1.165, 1.54) is 6.26 Å². The Morgan fingerprint density at radius 3 is 2.80 bits per heavy atom. The Hall–Kier alpha value is -2.33. The van der Waals surface area contributed by atoms with Gasteiger partial charge in [0.15, 0.2) is 5.76 Å². The first kappa shape index (κ1) is 12.7. The fourth-order valence-corrected chi connectivity index (χ4v) is 2.43. The van der Waals surface area contributed by atoms with Crippen molar-refractivity contribution in [1.29, 1.82) is 0 Å². The zero-order valence-corrected chi connectivity index (χ0v) is 11.3. The molecule has 0 unspecified atom stereocenters. The van der Waals surface area contributed by atoms with Crippen LogP contribution in [0.15, 0.2) is 41.0 Å². The minimum Gasteiger partial charge on any atom is -0.478 e. The number of aromatic carboxylic acids is 1.